The molecular weight excluding hydrogens is 525 g/mol. The Kier molecular flexibility index (Phi) is 8.10. The summed E-state index contributed by atoms with van der Waals surface area (Å²) in [5.74, 6) is -0.190. The maximum atomic E-state index is 13.1. The van der Waals surface area contributed by atoms with Crippen molar-refractivity contribution in [3.63, 3.8) is 0 Å². The Balaban J connectivity index is 0.000000430. The molecule has 1 aromatic heterocycles. The van der Waals surface area contributed by atoms with Crippen molar-refractivity contribution in [2.45, 2.75) is 37.7 Å². The summed E-state index contributed by atoms with van der Waals surface area (Å²) in [4.78, 5) is 21.6. The standard InChI is InChI=1S/C12H20F3N5O3S.C10H8F2O.2H2/c1-11(19-10(21)18-7-12(13,14)15)5-16-9(17-6-11)20-3-8(4-20)24(2,22)23;1-5-6(2)13-10-8(5)3-7(11)4-9(10)12;;/h5,8,22-23H,3-4,6-7H2,1-2H3,(H2,18,19,21);3-4H,1-2H3;2*1H. The van der Waals surface area contributed by atoms with Crippen molar-refractivity contribution in [2.75, 3.05) is 32.4 Å². The van der Waals surface area contributed by atoms with Gasteiger partial charge in [-0.05, 0) is 32.4 Å². The second-order valence-electron chi connectivity index (χ2n) is 9.18. The van der Waals surface area contributed by atoms with Crippen LogP contribution in [0.15, 0.2) is 26.5 Å². The fourth-order valence-corrected chi connectivity index (χ4v) is 4.42. The fraction of sp³-hybridized carbons (Fsp3) is 0.500. The molecule has 210 valence electrons. The number of aryl methyl sites for hydroxylation is 2. The minimum Gasteiger partial charge on any atom is -0.458 e. The van der Waals surface area contributed by atoms with E-state index in [0.29, 0.717) is 30.2 Å². The quantitative estimate of drug-likeness (QED) is 0.399. The topological polar surface area (TPSA) is 123 Å². The lowest BCUT2D eigenvalue weighted by Crippen LogP contribution is -2.58. The zero-order valence-corrected chi connectivity index (χ0v) is 21.3. The van der Waals surface area contributed by atoms with Gasteiger partial charge in [-0.3, -0.25) is 9.11 Å². The van der Waals surface area contributed by atoms with Crippen LogP contribution in [0, 0.1) is 25.5 Å². The molecule has 1 fully saturated rings. The predicted molar refractivity (Wildman–Crippen MR) is 136 cm³/mol. The SMILES string of the molecule is CC1(NC(=O)NCC(F)(F)F)C=NC(N2CC(S(C)(O)O)C2)=NC1.Cc1oc2c(F)cc(F)cc2c1C.[HH].[HH]. The minimum absolute atomic E-state index is 0. The van der Waals surface area contributed by atoms with Crippen molar-refractivity contribution in [1.82, 2.24) is 15.5 Å². The fourth-order valence-electron chi connectivity index (χ4n) is 3.50. The molecule has 4 rings (SSSR count). The molecule has 0 aliphatic carbocycles. The highest BCUT2D eigenvalue weighted by atomic mass is 32.3. The molecule has 1 saturated heterocycles. The summed E-state index contributed by atoms with van der Waals surface area (Å²) in [5.41, 5.74) is -0.0678. The number of hydrogen-bond donors (Lipinski definition) is 4. The van der Waals surface area contributed by atoms with E-state index in [1.54, 1.807) is 31.0 Å². The predicted octanol–water partition coefficient (Wildman–Crippen LogP) is 4.93. The molecule has 0 saturated carbocycles. The largest absolute Gasteiger partial charge is 0.458 e. The van der Waals surface area contributed by atoms with Gasteiger partial charge in [-0.25, -0.2) is 23.6 Å². The van der Waals surface area contributed by atoms with Gasteiger partial charge in [0.15, 0.2) is 11.4 Å². The third kappa shape index (κ3) is 7.32. The first-order valence-corrected chi connectivity index (χ1v) is 13.0. The van der Waals surface area contributed by atoms with Gasteiger partial charge >= 0.3 is 12.2 Å². The minimum atomic E-state index is -4.48. The molecule has 1 aromatic carbocycles. The normalized spacial score (nSPS) is 20.6. The summed E-state index contributed by atoms with van der Waals surface area (Å²) >= 11 is 0. The number of hydrogen-bond acceptors (Lipinski definition) is 7. The van der Waals surface area contributed by atoms with Gasteiger partial charge in [0.1, 0.15) is 18.1 Å². The van der Waals surface area contributed by atoms with Crippen LogP contribution in [-0.2, 0) is 0 Å². The first-order chi connectivity index (χ1) is 17.0. The van der Waals surface area contributed by atoms with E-state index in [0.717, 1.165) is 11.6 Å². The number of nitrogens with one attached hydrogen (secondary N) is 2. The first-order valence-electron chi connectivity index (χ1n) is 11.0. The van der Waals surface area contributed by atoms with Crippen LogP contribution in [0.25, 0.3) is 11.0 Å². The number of fused-ring (bicyclic) bond motifs is 1. The van der Waals surface area contributed by atoms with E-state index < -0.39 is 46.5 Å². The number of halogens is 5. The molecule has 4 N–H and O–H groups in total. The molecule has 3 heterocycles. The lowest BCUT2D eigenvalue weighted by molar-refractivity contribution is -0.122. The number of benzene rings is 1. The molecule has 15 heteroatoms. The maximum absolute atomic E-state index is 13.1. The molecule has 2 amide bonds. The lowest BCUT2D eigenvalue weighted by Gasteiger charge is -2.49. The summed E-state index contributed by atoms with van der Waals surface area (Å²) in [7, 11) is -2.60. The summed E-state index contributed by atoms with van der Waals surface area (Å²) in [5, 5.41) is 4.40. The van der Waals surface area contributed by atoms with Crippen LogP contribution in [0.1, 0.15) is 21.1 Å². The Morgan fingerprint density at radius 1 is 1.30 bits per heavy atom. The number of nitrogens with zero attached hydrogens (tertiary/aromatic N) is 3. The van der Waals surface area contributed by atoms with Crippen molar-refractivity contribution in [3.05, 3.63) is 35.1 Å². The van der Waals surface area contributed by atoms with Gasteiger partial charge in [-0.1, -0.05) is 0 Å². The van der Waals surface area contributed by atoms with Crippen LogP contribution < -0.4 is 10.6 Å². The van der Waals surface area contributed by atoms with Gasteiger partial charge < -0.3 is 20.0 Å². The van der Waals surface area contributed by atoms with Crippen LogP contribution in [-0.4, -0.2) is 81.6 Å². The average Bonchev–Trinajstić information content (AvgIpc) is 3.00. The number of rotatable bonds is 3. The molecular formula is C22H32F5N5O4S. The Labute approximate surface area is 214 Å². The van der Waals surface area contributed by atoms with E-state index in [9.17, 15) is 35.9 Å². The third-order valence-electron chi connectivity index (χ3n) is 5.82. The number of guanidine groups is 1. The summed E-state index contributed by atoms with van der Waals surface area (Å²) in [6, 6.07) is 1.15. The van der Waals surface area contributed by atoms with Gasteiger partial charge in [-0.2, -0.15) is 23.8 Å². The highest BCUT2D eigenvalue weighted by Crippen LogP contribution is 2.44. The van der Waals surface area contributed by atoms with Gasteiger partial charge in [0.05, 0.1) is 17.3 Å². The number of carbonyl (C=O) groups is 1. The Morgan fingerprint density at radius 2 is 1.95 bits per heavy atom. The van der Waals surface area contributed by atoms with Crippen LogP contribution in [0.4, 0.5) is 26.7 Å². The lowest BCUT2D eigenvalue weighted by atomic mass is 10.0. The summed E-state index contributed by atoms with van der Waals surface area (Å²) in [6.07, 6.45) is -1.67. The van der Waals surface area contributed by atoms with E-state index in [1.807, 2.05) is 0 Å². The van der Waals surface area contributed by atoms with Gasteiger partial charge in [-0.15, -0.1) is 0 Å². The summed E-state index contributed by atoms with van der Waals surface area (Å²) in [6.45, 7) is 4.64. The Morgan fingerprint density at radius 3 is 2.49 bits per heavy atom. The number of carbonyl (C=O) groups excluding carboxylic acids is 1. The number of urea groups is 1. The molecule has 2 aromatic rings. The molecule has 0 radical (unpaired) electrons. The van der Waals surface area contributed by atoms with E-state index in [-0.39, 0.29) is 20.2 Å². The molecule has 1 atom stereocenters. The molecule has 9 nitrogen and oxygen atoms in total. The second-order valence-corrected chi connectivity index (χ2v) is 11.6. The van der Waals surface area contributed by atoms with Crippen LogP contribution in [0.2, 0.25) is 0 Å². The van der Waals surface area contributed by atoms with Crippen molar-refractivity contribution < 1.29 is 43.1 Å². The zero-order valence-electron chi connectivity index (χ0n) is 20.5. The molecule has 0 bridgehead atoms. The average molecular weight is 558 g/mol. The number of aliphatic imine (C=N–C) groups is 2. The Hall–Kier alpha value is -2.91. The molecule has 2 aliphatic rings. The van der Waals surface area contributed by atoms with Crippen molar-refractivity contribution >= 4 is 39.8 Å². The van der Waals surface area contributed by atoms with Crippen molar-refractivity contribution in [2.24, 2.45) is 9.98 Å². The van der Waals surface area contributed by atoms with Gasteiger partial charge in [0.2, 0.25) is 5.96 Å². The van der Waals surface area contributed by atoms with Crippen molar-refractivity contribution in [1.29, 1.82) is 0 Å². The van der Waals surface area contributed by atoms with E-state index in [2.05, 4.69) is 15.3 Å². The van der Waals surface area contributed by atoms with E-state index in [1.165, 1.54) is 18.5 Å². The first kappa shape index (κ1) is 28.7. The second kappa shape index (κ2) is 10.5. The maximum Gasteiger partial charge on any atom is 0.405 e. The summed E-state index contributed by atoms with van der Waals surface area (Å²) < 4.78 is 86.3. The van der Waals surface area contributed by atoms with E-state index in [4.69, 9.17) is 4.42 Å². The van der Waals surface area contributed by atoms with E-state index >= 15 is 0 Å². The third-order valence-corrected chi connectivity index (χ3v) is 7.38. The Bertz CT molecular complexity index is 1230. The monoisotopic (exact) mass is 557 g/mol. The van der Waals surface area contributed by atoms with Crippen LogP contribution in [0.3, 0.4) is 0 Å². The molecule has 0 spiro atoms. The number of likely N-dealkylation sites (tertiary alicyclic amines) is 1. The van der Waals surface area contributed by atoms with Gasteiger partial charge in [0.25, 0.3) is 0 Å². The highest BCUT2D eigenvalue weighted by molar-refractivity contribution is 8.24. The van der Waals surface area contributed by atoms with Gasteiger partial charge in [0, 0.05) is 39.9 Å². The van der Waals surface area contributed by atoms with Crippen LogP contribution >= 0.6 is 10.6 Å². The molecule has 37 heavy (non-hydrogen) atoms. The highest BCUT2D eigenvalue weighted by Gasteiger charge is 2.38. The smallest absolute Gasteiger partial charge is 0.405 e. The number of amides is 2. The number of furan rings is 1. The molecule has 2 aliphatic heterocycles. The van der Waals surface area contributed by atoms with Crippen LogP contribution in [0.5, 0.6) is 0 Å². The molecule has 1 unspecified atom stereocenters. The van der Waals surface area contributed by atoms with Crippen molar-refractivity contribution in [3.8, 4) is 0 Å². The number of alkyl halides is 3. The zero-order chi connectivity index (χ0) is 27.8.